The minimum atomic E-state index is -4.11. The van der Waals surface area contributed by atoms with E-state index in [-0.39, 0.29) is 18.7 Å². The number of rotatable bonds is 4. The summed E-state index contributed by atoms with van der Waals surface area (Å²) in [5.74, 6) is -1.56. The SMILES string of the molecule is O=C(N/N=C\c1ccc(N2CCC(C(F)(F)F)CC2)cc1)c1ccc(Cl)cc1. The standard InChI is InChI=1S/C20H19ClF3N3O/c21-17-5-3-15(4-6-17)19(28)26-25-13-14-1-7-18(8-2-14)27-11-9-16(10-12-27)20(22,23)24/h1-8,13,16H,9-12H2,(H,26,28)/b25-13-. The molecule has 28 heavy (non-hydrogen) atoms. The van der Waals surface area contributed by atoms with Gasteiger partial charge >= 0.3 is 6.18 Å². The van der Waals surface area contributed by atoms with Gasteiger partial charge in [0.15, 0.2) is 0 Å². The molecule has 1 N–H and O–H groups in total. The Labute approximate surface area is 166 Å². The number of halogens is 4. The number of carbonyl (C=O) groups excluding carboxylic acids is 1. The normalized spacial score (nSPS) is 15.8. The molecular formula is C20H19ClF3N3O. The first-order chi connectivity index (χ1) is 13.3. The zero-order chi connectivity index (χ0) is 20.1. The van der Waals surface area contributed by atoms with Crippen LogP contribution in [0.5, 0.6) is 0 Å². The summed E-state index contributed by atoms with van der Waals surface area (Å²) in [5, 5.41) is 4.47. The summed E-state index contributed by atoms with van der Waals surface area (Å²) in [5.41, 5.74) is 4.52. The molecule has 0 unspecified atom stereocenters. The summed E-state index contributed by atoms with van der Waals surface area (Å²) in [6.07, 6.45) is -2.37. The summed E-state index contributed by atoms with van der Waals surface area (Å²) in [6, 6.07) is 13.7. The molecule has 0 atom stereocenters. The predicted molar refractivity (Wildman–Crippen MR) is 104 cm³/mol. The van der Waals surface area contributed by atoms with Gasteiger partial charge in [0.05, 0.1) is 12.1 Å². The molecule has 1 aliphatic heterocycles. The Bertz CT molecular complexity index is 827. The molecular weight excluding hydrogens is 391 g/mol. The molecule has 0 radical (unpaired) electrons. The number of alkyl halides is 3. The molecule has 1 heterocycles. The van der Waals surface area contributed by atoms with Crippen LogP contribution in [0.15, 0.2) is 53.6 Å². The van der Waals surface area contributed by atoms with Gasteiger partial charge < -0.3 is 4.90 Å². The smallest absolute Gasteiger partial charge is 0.372 e. The van der Waals surface area contributed by atoms with Gasteiger partial charge in [-0.2, -0.15) is 18.3 Å². The maximum absolute atomic E-state index is 12.8. The molecule has 148 valence electrons. The fourth-order valence-corrected chi connectivity index (χ4v) is 3.19. The van der Waals surface area contributed by atoms with Gasteiger partial charge in [-0.05, 0) is 54.8 Å². The fraction of sp³-hybridized carbons (Fsp3) is 0.300. The van der Waals surface area contributed by atoms with Gasteiger partial charge in [-0.3, -0.25) is 4.79 Å². The molecule has 0 spiro atoms. The molecule has 4 nitrogen and oxygen atoms in total. The average Bonchev–Trinajstić information content (AvgIpc) is 2.68. The van der Waals surface area contributed by atoms with Crippen molar-refractivity contribution in [2.75, 3.05) is 18.0 Å². The van der Waals surface area contributed by atoms with Gasteiger partial charge in [-0.15, -0.1) is 0 Å². The van der Waals surface area contributed by atoms with Crippen molar-refractivity contribution in [2.24, 2.45) is 11.0 Å². The Kier molecular flexibility index (Phi) is 6.24. The minimum Gasteiger partial charge on any atom is -0.372 e. The third-order valence-electron chi connectivity index (χ3n) is 4.70. The first-order valence-electron chi connectivity index (χ1n) is 8.83. The third-order valence-corrected chi connectivity index (χ3v) is 4.95. The Morgan fingerprint density at radius 2 is 1.68 bits per heavy atom. The lowest BCUT2D eigenvalue weighted by Gasteiger charge is -2.34. The number of amides is 1. The van der Waals surface area contributed by atoms with Crippen LogP contribution in [0.2, 0.25) is 5.02 Å². The molecule has 2 aromatic carbocycles. The summed E-state index contributed by atoms with van der Waals surface area (Å²) in [4.78, 5) is 13.9. The van der Waals surface area contributed by atoms with Crippen LogP contribution in [0.25, 0.3) is 0 Å². The van der Waals surface area contributed by atoms with Crippen molar-refractivity contribution in [1.82, 2.24) is 5.43 Å². The van der Waals surface area contributed by atoms with Gasteiger partial charge in [-0.25, -0.2) is 5.43 Å². The average molecular weight is 410 g/mol. The summed E-state index contributed by atoms with van der Waals surface area (Å²) < 4.78 is 38.3. The van der Waals surface area contributed by atoms with E-state index in [2.05, 4.69) is 10.5 Å². The predicted octanol–water partition coefficient (Wildman–Crippen LogP) is 4.88. The molecule has 0 aliphatic carbocycles. The number of piperidine rings is 1. The van der Waals surface area contributed by atoms with Crippen molar-refractivity contribution >= 4 is 29.4 Å². The molecule has 1 saturated heterocycles. The first kappa shape index (κ1) is 20.2. The number of nitrogens with one attached hydrogen (secondary N) is 1. The van der Waals surface area contributed by atoms with E-state index >= 15 is 0 Å². The van der Waals surface area contributed by atoms with Crippen LogP contribution < -0.4 is 10.3 Å². The van der Waals surface area contributed by atoms with E-state index in [4.69, 9.17) is 11.6 Å². The molecule has 2 aromatic rings. The number of nitrogens with zero attached hydrogens (tertiary/aromatic N) is 2. The molecule has 0 aromatic heterocycles. The van der Waals surface area contributed by atoms with Crippen molar-refractivity contribution in [3.05, 3.63) is 64.7 Å². The van der Waals surface area contributed by atoms with E-state index < -0.39 is 12.1 Å². The summed E-state index contributed by atoms with van der Waals surface area (Å²) in [6.45, 7) is 0.767. The highest BCUT2D eigenvalue weighted by molar-refractivity contribution is 6.30. The van der Waals surface area contributed by atoms with Crippen molar-refractivity contribution in [3.63, 3.8) is 0 Å². The largest absolute Gasteiger partial charge is 0.391 e. The monoisotopic (exact) mass is 409 g/mol. The van der Waals surface area contributed by atoms with Crippen LogP contribution in [0.1, 0.15) is 28.8 Å². The fourth-order valence-electron chi connectivity index (χ4n) is 3.07. The van der Waals surface area contributed by atoms with E-state index in [9.17, 15) is 18.0 Å². The van der Waals surface area contributed by atoms with Crippen LogP contribution in [-0.4, -0.2) is 31.4 Å². The van der Waals surface area contributed by atoms with E-state index in [1.54, 1.807) is 24.3 Å². The number of carbonyl (C=O) groups is 1. The number of hydrazone groups is 1. The Balaban J connectivity index is 1.52. The second-order valence-electron chi connectivity index (χ2n) is 6.60. The van der Waals surface area contributed by atoms with Crippen molar-refractivity contribution in [2.45, 2.75) is 19.0 Å². The van der Waals surface area contributed by atoms with Crippen LogP contribution >= 0.6 is 11.6 Å². The van der Waals surface area contributed by atoms with Gasteiger partial charge in [0, 0.05) is 29.4 Å². The quantitative estimate of drug-likeness (QED) is 0.577. The number of hydrogen-bond acceptors (Lipinski definition) is 3. The minimum absolute atomic E-state index is 0.115. The molecule has 1 fully saturated rings. The Morgan fingerprint density at radius 3 is 2.25 bits per heavy atom. The number of anilines is 1. The molecule has 0 saturated carbocycles. The second kappa shape index (κ2) is 8.65. The van der Waals surface area contributed by atoms with E-state index in [1.807, 2.05) is 29.2 Å². The van der Waals surface area contributed by atoms with Crippen molar-refractivity contribution < 1.29 is 18.0 Å². The molecule has 0 bridgehead atoms. The first-order valence-corrected chi connectivity index (χ1v) is 9.21. The van der Waals surface area contributed by atoms with Crippen molar-refractivity contribution in [1.29, 1.82) is 0 Å². The van der Waals surface area contributed by atoms with Crippen LogP contribution in [0, 0.1) is 5.92 Å². The third kappa shape index (κ3) is 5.25. The maximum Gasteiger partial charge on any atom is 0.391 e. The van der Waals surface area contributed by atoms with Gasteiger partial charge in [0.25, 0.3) is 5.91 Å². The molecule has 1 aliphatic rings. The highest BCUT2D eigenvalue weighted by Crippen LogP contribution is 2.35. The number of hydrogen-bond donors (Lipinski definition) is 1. The molecule has 1 amide bonds. The van der Waals surface area contributed by atoms with Crippen LogP contribution in [0.4, 0.5) is 18.9 Å². The van der Waals surface area contributed by atoms with Gasteiger partial charge in [0.2, 0.25) is 0 Å². The Hall–Kier alpha value is -2.54. The van der Waals surface area contributed by atoms with Crippen molar-refractivity contribution in [3.8, 4) is 0 Å². The highest BCUT2D eigenvalue weighted by Gasteiger charge is 2.41. The Morgan fingerprint density at radius 1 is 1.07 bits per heavy atom. The summed E-state index contributed by atoms with van der Waals surface area (Å²) >= 11 is 5.78. The lowest BCUT2D eigenvalue weighted by Crippen LogP contribution is -2.38. The van der Waals surface area contributed by atoms with Gasteiger partial charge in [0.1, 0.15) is 0 Å². The molecule has 3 rings (SSSR count). The van der Waals surface area contributed by atoms with Crippen LogP contribution in [-0.2, 0) is 0 Å². The van der Waals surface area contributed by atoms with E-state index in [0.717, 1.165) is 11.3 Å². The zero-order valence-corrected chi connectivity index (χ0v) is 15.7. The lowest BCUT2D eigenvalue weighted by atomic mass is 9.96. The molecule has 8 heteroatoms. The van der Waals surface area contributed by atoms with E-state index in [0.29, 0.717) is 23.7 Å². The lowest BCUT2D eigenvalue weighted by molar-refractivity contribution is -0.179. The van der Waals surface area contributed by atoms with E-state index in [1.165, 1.54) is 6.21 Å². The second-order valence-corrected chi connectivity index (χ2v) is 7.04. The topological polar surface area (TPSA) is 44.7 Å². The number of benzene rings is 2. The highest BCUT2D eigenvalue weighted by atomic mass is 35.5. The maximum atomic E-state index is 12.8. The van der Waals surface area contributed by atoms with Gasteiger partial charge in [-0.1, -0.05) is 23.7 Å². The zero-order valence-electron chi connectivity index (χ0n) is 14.9. The summed E-state index contributed by atoms with van der Waals surface area (Å²) in [7, 11) is 0. The van der Waals surface area contributed by atoms with Crippen LogP contribution in [0.3, 0.4) is 0 Å².